The summed E-state index contributed by atoms with van der Waals surface area (Å²) < 4.78 is 16.7. The minimum atomic E-state index is -0.788. The Bertz CT molecular complexity index is 1010. The Morgan fingerprint density at radius 2 is 0.684 bits per heavy atom. The fourth-order valence-corrected chi connectivity index (χ4v) is 6.73. The van der Waals surface area contributed by atoms with Crippen molar-refractivity contribution in [3.8, 4) is 0 Å². The van der Waals surface area contributed by atoms with Crippen LogP contribution in [-0.4, -0.2) is 37.2 Å². The first-order valence-corrected chi connectivity index (χ1v) is 24.1. The molecule has 0 spiro atoms. The summed E-state index contributed by atoms with van der Waals surface area (Å²) >= 11 is 0. The van der Waals surface area contributed by atoms with Gasteiger partial charge in [0.1, 0.15) is 13.2 Å². The van der Waals surface area contributed by atoms with E-state index in [4.69, 9.17) is 14.2 Å². The van der Waals surface area contributed by atoms with E-state index in [2.05, 4.69) is 69.4 Å². The summed E-state index contributed by atoms with van der Waals surface area (Å²) in [4.78, 5) is 37.7. The van der Waals surface area contributed by atoms with E-state index in [1.165, 1.54) is 116 Å². The predicted molar refractivity (Wildman–Crippen MR) is 242 cm³/mol. The Balaban J connectivity index is 4.36. The van der Waals surface area contributed by atoms with Crippen molar-refractivity contribution in [2.45, 2.75) is 245 Å². The quantitative estimate of drug-likeness (QED) is 0.0265. The van der Waals surface area contributed by atoms with Crippen molar-refractivity contribution in [3.63, 3.8) is 0 Å². The lowest BCUT2D eigenvalue weighted by atomic mass is 10.0. The topological polar surface area (TPSA) is 78.9 Å². The number of rotatable bonds is 43. The summed E-state index contributed by atoms with van der Waals surface area (Å²) in [7, 11) is 0. The van der Waals surface area contributed by atoms with Crippen molar-refractivity contribution >= 4 is 17.9 Å². The zero-order valence-corrected chi connectivity index (χ0v) is 37.6. The molecule has 6 nitrogen and oxygen atoms in total. The fraction of sp³-hybridized carbons (Fsp3) is 0.784. The molecule has 0 heterocycles. The summed E-state index contributed by atoms with van der Waals surface area (Å²) in [6, 6.07) is 0. The normalized spacial score (nSPS) is 12.4. The minimum absolute atomic E-state index is 0.0869. The third kappa shape index (κ3) is 44.3. The molecule has 0 N–H and O–H groups in total. The molecule has 0 saturated carbocycles. The molecule has 0 rings (SSSR count). The van der Waals surface area contributed by atoms with Crippen LogP contribution in [0.3, 0.4) is 0 Å². The van der Waals surface area contributed by atoms with Crippen LogP contribution in [0.25, 0.3) is 0 Å². The molecular formula is C51H90O6. The van der Waals surface area contributed by atoms with Crippen molar-refractivity contribution in [2.24, 2.45) is 0 Å². The van der Waals surface area contributed by atoms with Gasteiger partial charge in [0, 0.05) is 19.3 Å². The summed E-state index contributed by atoms with van der Waals surface area (Å²) in [5.41, 5.74) is 0. The largest absolute Gasteiger partial charge is 0.462 e. The highest BCUT2D eigenvalue weighted by atomic mass is 16.6. The van der Waals surface area contributed by atoms with E-state index >= 15 is 0 Å². The Morgan fingerprint density at radius 3 is 1.07 bits per heavy atom. The van der Waals surface area contributed by atoms with Crippen LogP contribution in [0.2, 0.25) is 0 Å². The second-order valence-corrected chi connectivity index (χ2v) is 16.0. The predicted octanol–water partition coefficient (Wildman–Crippen LogP) is 15.5. The lowest BCUT2D eigenvalue weighted by Crippen LogP contribution is -2.30. The van der Waals surface area contributed by atoms with Gasteiger partial charge in [0.25, 0.3) is 0 Å². The van der Waals surface area contributed by atoms with Gasteiger partial charge in [-0.25, -0.2) is 0 Å². The highest BCUT2D eigenvalue weighted by molar-refractivity contribution is 5.71. The molecule has 0 aliphatic heterocycles. The van der Waals surface area contributed by atoms with Gasteiger partial charge in [-0.2, -0.15) is 0 Å². The second kappa shape index (κ2) is 46.1. The Morgan fingerprint density at radius 1 is 0.368 bits per heavy atom. The standard InChI is InChI=1S/C51H90O6/c1-4-7-10-13-16-19-21-23-25-27-28-30-32-35-38-41-44-50(53)56-47-48(46-55-49(52)43-40-37-34-18-15-12-9-6-3)57-51(54)45-42-39-36-33-31-29-26-24-22-20-17-14-11-8-5-2/h8,11,17,20,24,26,31,33,48H,4-7,9-10,12-16,18-19,21-23,25,27-30,32,34-47H2,1-3H3/b11-8-,20-17-,26-24-,33-31-. The van der Waals surface area contributed by atoms with Crippen LogP contribution < -0.4 is 0 Å². The molecule has 0 aliphatic carbocycles. The van der Waals surface area contributed by atoms with Crippen molar-refractivity contribution in [3.05, 3.63) is 48.6 Å². The van der Waals surface area contributed by atoms with E-state index in [-0.39, 0.29) is 37.5 Å². The van der Waals surface area contributed by atoms with E-state index < -0.39 is 6.10 Å². The average Bonchev–Trinajstić information content (AvgIpc) is 3.21. The Labute approximate surface area is 352 Å². The van der Waals surface area contributed by atoms with Crippen LogP contribution in [0.1, 0.15) is 239 Å². The lowest BCUT2D eigenvalue weighted by Gasteiger charge is -2.18. The van der Waals surface area contributed by atoms with E-state index in [0.717, 1.165) is 77.0 Å². The van der Waals surface area contributed by atoms with Crippen LogP contribution in [0.4, 0.5) is 0 Å². The maximum absolute atomic E-state index is 12.7. The van der Waals surface area contributed by atoms with Gasteiger partial charge in [-0.15, -0.1) is 0 Å². The zero-order valence-electron chi connectivity index (χ0n) is 37.6. The summed E-state index contributed by atoms with van der Waals surface area (Å²) in [6.07, 6.45) is 53.9. The van der Waals surface area contributed by atoms with E-state index in [9.17, 15) is 14.4 Å². The summed E-state index contributed by atoms with van der Waals surface area (Å²) in [5, 5.41) is 0. The molecule has 1 atom stereocenters. The van der Waals surface area contributed by atoms with Gasteiger partial charge in [-0.05, 0) is 57.8 Å². The minimum Gasteiger partial charge on any atom is -0.462 e. The number of carbonyl (C=O) groups excluding carboxylic acids is 3. The van der Waals surface area contributed by atoms with Gasteiger partial charge < -0.3 is 14.2 Å². The van der Waals surface area contributed by atoms with Gasteiger partial charge in [0.2, 0.25) is 0 Å². The lowest BCUT2D eigenvalue weighted by molar-refractivity contribution is -0.167. The molecule has 0 bridgehead atoms. The van der Waals surface area contributed by atoms with Crippen LogP contribution >= 0.6 is 0 Å². The van der Waals surface area contributed by atoms with E-state index in [1.54, 1.807) is 0 Å². The molecule has 0 aromatic heterocycles. The molecule has 1 unspecified atom stereocenters. The zero-order chi connectivity index (χ0) is 41.5. The first kappa shape index (κ1) is 54.4. The molecule has 0 aliphatic rings. The number of esters is 3. The fourth-order valence-electron chi connectivity index (χ4n) is 6.73. The number of unbranched alkanes of at least 4 members (excludes halogenated alkanes) is 24. The number of ether oxygens (including phenoxy) is 3. The average molecular weight is 799 g/mol. The smallest absolute Gasteiger partial charge is 0.306 e. The van der Waals surface area contributed by atoms with Gasteiger partial charge in [0.05, 0.1) is 0 Å². The van der Waals surface area contributed by atoms with Crippen molar-refractivity contribution in [1.29, 1.82) is 0 Å². The highest BCUT2D eigenvalue weighted by Crippen LogP contribution is 2.15. The third-order valence-electron chi connectivity index (χ3n) is 10.3. The maximum atomic E-state index is 12.7. The van der Waals surface area contributed by atoms with Crippen LogP contribution in [0.15, 0.2) is 48.6 Å². The van der Waals surface area contributed by atoms with Crippen LogP contribution in [0, 0.1) is 0 Å². The molecule has 0 fully saturated rings. The van der Waals surface area contributed by atoms with Gasteiger partial charge in [-0.1, -0.05) is 211 Å². The molecule has 0 saturated heterocycles. The number of hydrogen-bond donors (Lipinski definition) is 0. The monoisotopic (exact) mass is 799 g/mol. The second-order valence-electron chi connectivity index (χ2n) is 16.0. The molecule has 6 heteroatoms. The SMILES string of the molecule is CC/C=C\C/C=C\C/C=C\C/C=C\CCCCC(=O)OC(COC(=O)CCCCCCCCCC)COC(=O)CCCCCCCCCCCCCCCCCC. The van der Waals surface area contributed by atoms with Crippen LogP contribution in [0.5, 0.6) is 0 Å². The van der Waals surface area contributed by atoms with Gasteiger partial charge in [-0.3, -0.25) is 14.4 Å². The molecule has 0 radical (unpaired) electrons. The summed E-state index contributed by atoms with van der Waals surface area (Å²) in [6.45, 7) is 6.47. The first-order chi connectivity index (χ1) is 28.0. The molecule has 0 aromatic rings. The van der Waals surface area contributed by atoms with Crippen LogP contribution in [-0.2, 0) is 28.6 Å². The van der Waals surface area contributed by atoms with Crippen molar-refractivity contribution in [2.75, 3.05) is 13.2 Å². The van der Waals surface area contributed by atoms with Gasteiger partial charge in [0.15, 0.2) is 6.10 Å². The Kier molecular flexibility index (Phi) is 43.9. The molecule has 57 heavy (non-hydrogen) atoms. The Hall–Kier alpha value is -2.63. The van der Waals surface area contributed by atoms with E-state index in [0.29, 0.717) is 19.3 Å². The number of hydrogen-bond acceptors (Lipinski definition) is 6. The van der Waals surface area contributed by atoms with Crippen molar-refractivity contribution < 1.29 is 28.6 Å². The molecular weight excluding hydrogens is 709 g/mol. The molecule has 330 valence electrons. The van der Waals surface area contributed by atoms with E-state index in [1.807, 2.05) is 0 Å². The number of carbonyl (C=O) groups is 3. The molecule has 0 aromatic carbocycles. The molecule has 0 amide bonds. The highest BCUT2D eigenvalue weighted by Gasteiger charge is 2.19. The maximum Gasteiger partial charge on any atom is 0.306 e. The summed E-state index contributed by atoms with van der Waals surface area (Å²) in [5.74, 6) is -0.929. The third-order valence-corrected chi connectivity index (χ3v) is 10.3. The first-order valence-electron chi connectivity index (χ1n) is 24.1. The van der Waals surface area contributed by atoms with Crippen molar-refractivity contribution in [1.82, 2.24) is 0 Å². The number of allylic oxidation sites excluding steroid dienone is 8. The van der Waals surface area contributed by atoms with Gasteiger partial charge >= 0.3 is 17.9 Å².